The van der Waals surface area contributed by atoms with E-state index in [2.05, 4.69) is 4.98 Å². The van der Waals surface area contributed by atoms with Crippen molar-refractivity contribution in [3.8, 4) is 5.75 Å². The molecule has 2 heterocycles. The van der Waals surface area contributed by atoms with E-state index in [4.69, 9.17) is 10.5 Å². The number of carbonyl (C=O) groups is 2. The molecule has 2 amide bonds. The zero-order chi connectivity index (χ0) is 18.5. The van der Waals surface area contributed by atoms with Gasteiger partial charge in [0.15, 0.2) is 0 Å². The van der Waals surface area contributed by atoms with E-state index in [1.165, 1.54) is 0 Å². The fraction of sp³-hybridized carbons (Fsp3) is 0.350. The summed E-state index contributed by atoms with van der Waals surface area (Å²) < 4.78 is 5.74. The summed E-state index contributed by atoms with van der Waals surface area (Å²) in [6.07, 6.45) is 3.61. The Bertz CT molecular complexity index is 762. The number of hydrogen-bond donors (Lipinski definition) is 1. The van der Waals surface area contributed by atoms with Gasteiger partial charge in [-0.15, -0.1) is 0 Å². The minimum absolute atomic E-state index is 0.00603. The number of amides is 2. The standard InChI is InChI=1S/C20H23N3O3/c1-14-2-4-15(5-3-14)10-19(24)23-11-16(18(12-23)20(21)25)13-26-17-6-8-22-9-7-17/h2-9,16,18H,10-13H2,1H3,(H2,21,25)/t16-,18+/m0/s1. The highest BCUT2D eigenvalue weighted by atomic mass is 16.5. The summed E-state index contributed by atoms with van der Waals surface area (Å²) in [6, 6.07) is 11.4. The van der Waals surface area contributed by atoms with Crippen molar-refractivity contribution in [2.45, 2.75) is 13.3 Å². The van der Waals surface area contributed by atoms with Gasteiger partial charge in [-0.05, 0) is 24.6 Å². The number of carbonyl (C=O) groups excluding carboxylic acids is 2. The molecular weight excluding hydrogens is 330 g/mol. The van der Waals surface area contributed by atoms with Crippen LogP contribution in [-0.2, 0) is 16.0 Å². The summed E-state index contributed by atoms with van der Waals surface area (Å²) >= 11 is 0. The monoisotopic (exact) mass is 353 g/mol. The number of nitrogens with zero attached hydrogens (tertiary/aromatic N) is 2. The lowest BCUT2D eigenvalue weighted by Crippen LogP contribution is -2.33. The van der Waals surface area contributed by atoms with Crippen molar-refractivity contribution in [1.82, 2.24) is 9.88 Å². The molecule has 1 fully saturated rings. The smallest absolute Gasteiger partial charge is 0.227 e. The lowest BCUT2D eigenvalue weighted by Gasteiger charge is -2.17. The molecule has 2 aromatic rings. The van der Waals surface area contributed by atoms with Crippen LogP contribution < -0.4 is 10.5 Å². The SMILES string of the molecule is Cc1ccc(CC(=O)N2C[C@@H](COc3ccncc3)[C@H](C(N)=O)C2)cc1. The first-order valence-electron chi connectivity index (χ1n) is 8.68. The third-order valence-electron chi connectivity index (χ3n) is 4.75. The summed E-state index contributed by atoms with van der Waals surface area (Å²) in [7, 11) is 0. The molecule has 6 heteroatoms. The van der Waals surface area contributed by atoms with E-state index < -0.39 is 0 Å². The molecule has 1 saturated heterocycles. The molecule has 0 unspecified atom stereocenters. The maximum atomic E-state index is 12.6. The third kappa shape index (κ3) is 4.39. The van der Waals surface area contributed by atoms with E-state index in [0.29, 0.717) is 31.9 Å². The number of rotatable bonds is 6. The number of aromatic nitrogens is 1. The van der Waals surface area contributed by atoms with Crippen molar-refractivity contribution < 1.29 is 14.3 Å². The fourth-order valence-corrected chi connectivity index (χ4v) is 3.20. The van der Waals surface area contributed by atoms with Crippen LogP contribution in [0.4, 0.5) is 0 Å². The average Bonchev–Trinajstić information content (AvgIpc) is 3.07. The second-order valence-corrected chi connectivity index (χ2v) is 6.72. The first-order valence-corrected chi connectivity index (χ1v) is 8.68. The molecule has 1 aromatic carbocycles. The van der Waals surface area contributed by atoms with Crippen LogP contribution in [0.15, 0.2) is 48.8 Å². The van der Waals surface area contributed by atoms with Crippen LogP contribution in [0.2, 0.25) is 0 Å². The highest BCUT2D eigenvalue weighted by Gasteiger charge is 2.38. The number of hydrogen-bond acceptors (Lipinski definition) is 4. The van der Waals surface area contributed by atoms with Gasteiger partial charge in [-0.2, -0.15) is 0 Å². The third-order valence-corrected chi connectivity index (χ3v) is 4.75. The Morgan fingerprint density at radius 1 is 1.15 bits per heavy atom. The van der Waals surface area contributed by atoms with Crippen LogP contribution in [0, 0.1) is 18.8 Å². The normalized spacial score (nSPS) is 19.3. The molecule has 0 bridgehead atoms. The van der Waals surface area contributed by atoms with Crippen molar-refractivity contribution in [1.29, 1.82) is 0 Å². The minimum Gasteiger partial charge on any atom is -0.493 e. The summed E-state index contributed by atoms with van der Waals surface area (Å²) in [6.45, 7) is 3.18. The summed E-state index contributed by atoms with van der Waals surface area (Å²) in [5.41, 5.74) is 7.67. The van der Waals surface area contributed by atoms with E-state index in [1.54, 1.807) is 29.4 Å². The lowest BCUT2D eigenvalue weighted by atomic mass is 9.96. The lowest BCUT2D eigenvalue weighted by molar-refractivity contribution is -0.129. The molecule has 2 N–H and O–H groups in total. The van der Waals surface area contributed by atoms with Crippen LogP contribution in [0.25, 0.3) is 0 Å². The maximum absolute atomic E-state index is 12.6. The number of likely N-dealkylation sites (tertiary alicyclic amines) is 1. The zero-order valence-corrected chi connectivity index (χ0v) is 14.8. The van der Waals surface area contributed by atoms with E-state index in [0.717, 1.165) is 11.1 Å². The van der Waals surface area contributed by atoms with E-state index in [9.17, 15) is 9.59 Å². The van der Waals surface area contributed by atoms with Gasteiger partial charge >= 0.3 is 0 Å². The molecule has 1 aliphatic heterocycles. The van der Waals surface area contributed by atoms with Gasteiger partial charge in [-0.3, -0.25) is 14.6 Å². The number of aryl methyl sites for hydroxylation is 1. The van der Waals surface area contributed by atoms with E-state index >= 15 is 0 Å². The molecule has 136 valence electrons. The fourth-order valence-electron chi connectivity index (χ4n) is 3.20. The molecule has 0 spiro atoms. The molecule has 0 radical (unpaired) electrons. The van der Waals surface area contributed by atoms with Gasteiger partial charge in [-0.25, -0.2) is 0 Å². The highest BCUT2D eigenvalue weighted by molar-refractivity contribution is 5.82. The van der Waals surface area contributed by atoms with Gasteiger partial charge in [0.1, 0.15) is 5.75 Å². The molecule has 1 aromatic heterocycles. The number of benzene rings is 1. The van der Waals surface area contributed by atoms with Crippen molar-refractivity contribution in [3.63, 3.8) is 0 Å². The van der Waals surface area contributed by atoms with E-state index in [1.807, 2.05) is 31.2 Å². The largest absolute Gasteiger partial charge is 0.493 e. The van der Waals surface area contributed by atoms with Gasteiger partial charge in [-0.1, -0.05) is 29.8 Å². The Morgan fingerprint density at radius 3 is 2.50 bits per heavy atom. The highest BCUT2D eigenvalue weighted by Crippen LogP contribution is 2.25. The molecule has 6 nitrogen and oxygen atoms in total. The molecule has 0 saturated carbocycles. The van der Waals surface area contributed by atoms with Crippen molar-refractivity contribution in [2.75, 3.05) is 19.7 Å². The van der Waals surface area contributed by atoms with Crippen LogP contribution >= 0.6 is 0 Å². The van der Waals surface area contributed by atoms with Crippen LogP contribution in [-0.4, -0.2) is 41.4 Å². The maximum Gasteiger partial charge on any atom is 0.227 e. The molecule has 0 aliphatic carbocycles. The Kier molecular flexibility index (Phi) is 5.51. The number of pyridine rings is 1. The van der Waals surface area contributed by atoms with Crippen molar-refractivity contribution >= 4 is 11.8 Å². The predicted molar refractivity (Wildman–Crippen MR) is 97.4 cm³/mol. The number of nitrogens with two attached hydrogens (primary N) is 1. The van der Waals surface area contributed by atoms with Crippen LogP contribution in [0.5, 0.6) is 5.75 Å². The molecule has 1 aliphatic rings. The van der Waals surface area contributed by atoms with Crippen LogP contribution in [0.1, 0.15) is 11.1 Å². The van der Waals surface area contributed by atoms with Crippen molar-refractivity contribution in [3.05, 3.63) is 59.9 Å². The number of primary amides is 1. The predicted octanol–water partition coefficient (Wildman–Crippen LogP) is 1.57. The zero-order valence-electron chi connectivity index (χ0n) is 14.8. The second kappa shape index (κ2) is 7.99. The summed E-state index contributed by atoms with van der Waals surface area (Å²) in [5.74, 6) is -0.195. The van der Waals surface area contributed by atoms with Gasteiger partial charge in [0.2, 0.25) is 11.8 Å². The van der Waals surface area contributed by atoms with E-state index in [-0.39, 0.29) is 23.7 Å². The Morgan fingerprint density at radius 2 is 1.85 bits per heavy atom. The first kappa shape index (κ1) is 17.9. The van der Waals surface area contributed by atoms with Gasteiger partial charge in [0, 0.05) is 31.4 Å². The molecule has 3 rings (SSSR count). The quantitative estimate of drug-likeness (QED) is 0.854. The Labute approximate surface area is 153 Å². The molecule has 2 atom stereocenters. The second-order valence-electron chi connectivity index (χ2n) is 6.72. The summed E-state index contributed by atoms with van der Waals surface area (Å²) in [4.78, 5) is 30.1. The first-order chi connectivity index (χ1) is 12.5. The van der Waals surface area contributed by atoms with Gasteiger partial charge in [0.25, 0.3) is 0 Å². The van der Waals surface area contributed by atoms with Crippen molar-refractivity contribution in [2.24, 2.45) is 17.6 Å². The Hall–Kier alpha value is -2.89. The van der Waals surface area contributed by atoms with Gasteiger partial charge < -0.3 is 15.4 Å². The Balaban J connectivity index is 1.61. The molecule has 26 heavy (non-hydrogen) atoms. The minimum atomic E-state index is -0.390. The topological polar surface area (TPSA) is 85.5 Å². The van der Waals surface area contributed by atoms with Gasteiger partial charge in [0.05, 0.1) is 18.9 Å². The molecular formula is C20H23N3O3. The summed E-state index contributed by atoms with van der Waals surface area (Å²) in [5, 5.41) is 0. The number of ether oxygens (including phenoxy) is 1. The van der Waals surface area contributed by atoms with Crippen LogP contribution in [0.3, 0.4) is 0 Å². The average molecular weight is 353 g/mol.